The lowest BCUT2D eigenvalue weighted by Gasteiger charge is -2.35. The van der Waals surface area contributed by atoms with Gasteiger partial charge in [-0.25, -0.2) is 0 Å². The van der Waals surface area contributed by atoms with Crippen molar-refractivity contribution < 1.29 is 14.6 Å². The molecule has 2 saturated carbocycles. The van der Waals surface area contributed by atoms with Crippen molar-refractivity contribution in [3.8, 4) is 0 Å². The highest BCUT2D eigenvalue weighted by atomic mass is 16.5. The number of aliphatic hydroxyl groups excluding tert-OH is 1. The third kappa shape index (κ3) is 1.41. The highest BCUT2D eigenvalue weighted by molar-refractivity contribution is 5.79. The van der Waals surface area contributed by atoms with E-state index in [1.807, 2.05) is 0 Å². The summed E-state index contributed by atoms with van der Waals surface area (Å²) < 4.78 is 5.08. The first kappa shape index (κ1) is 10.7. The van der Waals surface area contributed by atoms with E-state index in [9.17, 15) is 9.90 Å². The van der Waals surface area contributed by atoms with E-state index in [2.05, 4.69) is 6.58 Å². The minimum absolute atomic E-state index is 0.114. The molecule has 84 valence electrons. The lowest BCUT2D eigenvalue weighted by atomic mass is 9.73. The average molecular weight is 210 g/mol. The fourth-order valence-corrected chi connectivity index (χ4v) is 3.05. The number of carbonyl (C=O) groups excluding carboxylic acids is 1. The minimum atomic E-state index is -0.671. The predicted molar refractivity (Wildman–Crippen MR) is 56.2 cm³/mol. The van der Waals surface area contributed by atoms with Crippen LogP contribution in [0.15, 0.2) is 12.2 Å². The second-order valence-corrected chi connectivity index (χ2v) is 4.66. The molecule has 0 aromatic rings. The lowest BCUT2D eigenvalue weighted by Crippen LogP contribution is -2.44. The van der Waals surface area contributed by atoms with Gasteiger partial charge in [-0.15, -0.1) is 0 Å². The predicted octanol–water partition coefficient (Wildman–Crippen LogP) is 1.66. The number of rotatable bonds is 2. The Morgan fingerprint density at radius 3 is 3.13 bits per heavy atom. The SMILES string of the molecule is C=C1C[C@]2(C(=O)OCC)CCC[C@H]1[C@@H]2O. The van der Waals surface area contributed by atoms with E-state index in [0.717, 1.165) is 24.8 Å². The van der Waals surface area contributed by atoms with Crippen LogP contribution >= 0.6 is 0 Å². The molecule has 0 amide bonds. The highest BCUT2D eigenvalue weighted by Crippen LogP contribution is 2.54. The maximum atomic E-state index is 11.9. The molecule has 1 N–H and O–H groups in total. The zero-order valence-electron chi connectivity index (χ0n) is 9.16. The zero-order chi connectivity index (χ0) is 11.1. The normalized spacial score (nSPS) is 39.2. The van der Waals surface area contributed by atoms with Crippen LogP contribution in [0.25, 0.3) is 0 Å². The molecule has 0 heterocycles. The van der Waals surface area contributed by atoms with Crippen LogP contribution in [0, 0.1) is 11.3 Å². The van der Waals surface area contributed by atoms with Gasteiger partial charge in [-0.3, -0.25) is 4.79 Å². The molecular formula is C12H18O3. The van der Waals surface area contributed by atoms with E-state index in [-0.39, 0.29) is 11.9 Å². The lowest BCUT2D eigenvalue weighted by molar-refractivity contribution is -0.165. The summed E-state index contributed by atoms with van der Waals surface area (Å²) in [5.41, 5.74) is 0.351. The summed E-state index contributed by atoms with van der Waals surface area (Å²) >= 11 is 0. The molecular weight excluding hydrogens is 192 g/mol. The Hall–Kier alpha value is -0.830. The molecule has 3 heteroatoms. The first-order chi connectivity index (χ1) is 7.12. The van der Waals surface area contributed by atoms with E-state index in [4.69, 9.17) is 4.74 Å². The number of carbonyl (C=O) groups is 1. The molecule has 2 aliphatic rings. The van der Waals surface area contributed by atoms with E-state index in [1.54, 1.807) is 6.92 Å². The van der Waals surface area contributed by atoms with Crippen molar-refractivity contribution in [1.29, 1.82) is 0 Å². The van der Waals surface area contributed by atoms with Crippen LogP contribution in [-0.2, 0) is 9.53 Å². The molecule has 0 aromatic carbocycles. The Bertz CT molecular complexity index is 297. The van der Waals surface area contributed by atoms with Crippen molar-refractivity contribution in [2.24, 2.45) is 11.3 Å². The summed E-state index contributed by atoms with van der Waals surface area (Å²) in [4.78, 5) is 11.9. The molecule has 0 radical (unpaired) electrons. The van der Waals surface area contributed by atoms with Crippen molar-refractivity contribution in [2.75, 3.05) is 6.61 Å². The topological polar surface area (TPSA) is 46.5 Å². The maximum absolute atomic E-state index is 11.9. The Kier molecular flexibility index (Phi) is 2.59. The Morgan fingerprint density at radius 2 is 2.47 bits per heavy atom. The summed E-state index contributed by atoms with van der Waals surface area (Å²) in [5.74, 6) is -0.121. The maximum Gasteiger partial charge on any atom is 0.315 e. The second-order valence-electron chi connectivity index (χ2n) is 4.66. The number of ether oxygens (including phenoxy) is 1. The Labute approximate surface area is 90.1 Å². The summed E-state index contributed by atoms with van der Waals surface area (Å²) in [6, 6.07) is 0. The van der Waals surface area contributed by atoms with Gasteiger partial charge in [-0.05, 0) is 26.2 Å². The first-order valence-electron chi connectivity index (χ1n) is 5.65. The van der Waals surface area contributed by atoms with Gasteiger partial charge in [0.2, 0.25) is 0 Å². The van der Waals surface area contributed by atoms with Gasteiger partial charge < -0.3 is 9.84 Å². The van der Waals surface area contributed by atoms with Gasteiger partial charge in [0.1, 0.15) is 0 Å². The van der Waals surface area contributed by atoms with Crippen LogP contribution in [0.1, 0.15) is 32.6 Å². The molecule has 2 aliphatic carbocycles. The summed E-state index contributed by atoms with van der Waals surface area (Å²) in [6.07, 6.45) is 2.72. The molecule has 15 heavy (non-hydrogen) atoms. The van der Waals surface area contributed by atoms with Crippen molar-refractivity contribution >= 4 is 5.97 Å². The van der Waals surface area contributed by atoms with E-state index < -0.39 is 11.5 Å². The number of fused-ring (bicyclic) bond motifs is 2. The summed E-state index contributed by atoms with van der Waals surface area (Å²) in [7, 11) is 0. The van der Waals surface area contributed by atoms with Crippen LogP contribution in [0.5, 0.6) is 0 Å². The second kappa shape index (κ2) is 3.63. The standard InChI is InChI=1S/C12H18O3/c1-3-15-11(14)12-6-4-5-9(10(12)13)8(2)7-12/h9-10,13H,2-7H2,1H3/t9-,10+,12-/m1/s1. The van der Waals surface area contributed by atoms with Gasteiger partial charge >= 0.3 is 5.97 Å². The monoisotopic (exact) mass is 210 g/mol. The van der Waals surface area contributed by atoms with Gasteiger partial charge in [0.25, 0.3) is 0 Å². The third-order valence-corrected chi connectivity index (χ3v) is 3.83. The molecule has 0 unspecified atom stereocenters. The van der Waals surface area contributed by atoms with Crippen LogP contribution in [0.2, 0.25) is 0 Å². The molecule has 2 fully saturated rings. The minimum Gasteiger partial charge on any atom is -0.465 e. The summed E-state index contributed by atoms with van der Waals surface area (Å²) in [6.45, 7) is 6.14. The van der Waals surface area contributed by atoms with Gasteiger partial charge in [-0.1, -0.05) is 18.6 Å². The van der Waals surface area contributed by atoms with Gasteiger partial charge in [0.05, 0.1) is 18.1 Å². The van der Waals surface area contributed by atoms with Crippen LogP contribution < -0.4 is 0 Å². The van der Waals surface area contributed by atoms with Gasteiger partial charge in [0.15, 0.2) is 0 Å². The molecule has 3 nitrogen and oxygen atoms in total. The van der Waals surface area contributed by atoms with Crippen molar-refractivity contribution in [3.05, 3.63) is 12.2 Å². The van der Waals surface area contributed by atoms with Crippen molar-refractivity contribution in [3.63, 3.8) is 0 Å². The fourth-order valence-electron chi connectivity index (χ4n) is 3.05. The number of hydrogen-bond donors (Lipinski definition) is 1. The molecule has 0 aliphatic heterocycles. The van der Waals surface area contributed by atoms with Crippen LogP contribution in [0.3, 0.4) is 0 Å². The first-order valence-corrected chi connectivity index (χ1v) is 5.65. The molecule has 0 aromatic heterocycles. The van der Waals surface area contributed by atoms with Gasteiger partial charge in [-0.2, -0.15) is 0 Å². The van der Waals surface area contributed by atoms with Crippen molar-refractivity contribution in [1.82, 2.24) is 0 Å². The van der Waals surface area contributed by atoms with Crippen LogP contribution in [-0.4, -0.2) is 23.8 Å². The van der Waals surface area contributed by atoms with Gasteiger partial charge in [0, 0.05) is 5.92 Å². The smallest absolute Gasteiger partial charge is 0.315 e. The number of aliphatic hydroxyl groups is 1. The third-order valence-electron chi connectivity index (χ3n) is 3.83. The molecule has 2 rings (SSSR count). The molecule has 2 bridgehead atoms. The quantitative estimate of drug-likeness (QED) is 0.557. The van der Waals surface area contributed by atoms with E-state index >= 15 is 0 Å². The molecule has 0 spiro atoms. The fraction of sp³-hybridized carbons (Fsp3) is 0.750. The zero-order valence-corrected chi connectivity index (χ0v) is 9.16. The average Bonchev–Trinajstić information content (AvgIpc) is 2.37. The Morgan fingerprint density at radius 1 is 1.73 bits per heavy atom. The largest absolute Gasteiger partial charge is 0.465 e. The van der Waals surface area contributed by atoms with E-state index in [1.165, 1.54) is 0 Å². The number of esters is 1. The molecule has 0 saturated heterocycles. The van der Waals surface area contributed by atoms with E-state index in [0.29, 0.717) is 13.0 Å². The highest BCUT2D eigenvalue weighted by Gasteiger charge is 2.57. The molecule has 3 atom stereocenters. The van der Waals surface area contributed by atoms with Crippen molar-refractivity contribution in [2.45, 2.75) is 38.7 Å². The summed E-state index contributed by atoms with van der Waals surface area (Å²) in [5, 5.41) is 10.2. The van der Waals surface area contributed by atoms with Crippen LogP contribution in [0.4, 0.5) is 0 Å². The Balaban J connectivity index is 2.26. The number of hydrogen-bond acceptors (Lipinski definition) is 3.